The lowest BCUT2D eigenvalue weighted by atomic mass is 10.2. The molecule has 1 unspecified atom stereocenters. The summed E-state index contributed by atoms with van der Waals surface area (Å²) in [6.45, 7) is 7.62. The van der Waals surface area contributed by atoms with Gasteiger partial charge in [-0.05, 0) is 45.0 Å². The second-order valence-corrected chi connectivity index (χ2v) is 6.04. The van der Waals surface area contributed by atoms with Crippen LogP contribution in [-0.4, -0.2) is 11.9 Å². The third kappa shape index (κ3) is 3.77. The molecule has 0 N–H and O–H groups in total. The van der Waals surface area contributed by atoms with E-state index in [2.05, 4.69) is 80.3 Å². The van der Waals surface area contributed by atoms with E-state index >= 15 is 0 Å². The molecule has 19 heavy (non-hydrogen) atoms. The lowest BCUT2D eigenvalue weighted by molar-refractivity contribution is 0.822. The Kier molecular flexibility index (Phi) is 4.92. The highest BCUT2D eigenvalue weighted by Crippen LogP contribution is 2.29. The minimum atomic E-state index is 0.426. The van der Waals surface area contributed by atoms with E-state index < -0.39 is 0 Å². The summed E-state index contributed by atoms with van der Waals surface area (Å²) >= 11 is 1.91. The standard InChI is InChI=1S/C17H21NS/c1-4-18(16-8-6-5-7-9-16)15(3)19-17-12-10-14(2)11-13-17/h5-13,15H,4H2,1-3H3. The van der Waals surface area contributed by atoms with Crippen molar-refractivity contribution in [2.24, 2.45) is 0 Å². The molecule has 0 fully saturated rings. The van der Waals surface area contributed by atoms with Crippen molar-refractivity contribution >= 4 is 17.4 Å². The quantitative estimate of drug-likeness (QED) is 0.558. The summed E-state index contributed by atoms with van der Waals surface area (Å²) < 4.78 is 0. The first-order valence-corrected chi connectivity index (χ1v) is 7.63. The fourth-order valence-electron chi connectivity index (χ4n) is 2.15. The van der Waals surface area contributed by atoms with E-state index in [1.165, 1.54) is 16.1 Å². The van der Waals surface area contributed by atoms with Gasteiger partial charge in [0, 0.05) is 17.1 Å². The topological polar surface area (TPSA) is 3.24 Å². The molecular weight excluding hydrogens is 250 g/mol. The number of para-hydroxylation sites is 1. The van der Waals surface area contributed by atoms with Gasteiger partial charge < -0.3 is 4.90 Å². The molecule has 0 heterocycles. The monoisotopic (exact) mass is 271 g/mol. The third-order valence-electron chi connectivity index (χ3n) is 3.20. The summed E-state index contributed by atoms with van der Waals surface area (Å²) in [5.41, 5.74) is 2.60. The van der Waals surface area contributed by atoms with Crippen molar-refractivity contribution in [3.05, 3.63) is 60.2 Å². The molecule has 0 saturated carbocycles. The molecule has 0 aliphatic heterocycles. The highest BCUT2D eigenvalue weighted by atomic mass is 32.2. The van der Waals surface area contributed by atoms with Crippen LogP contribution in [0.3, 0.4) is 0 Å². The molecule has 2 aromatic rings. The number of rotatable bonds is 5. The van der Waals surface area contributed by atoms with E-state index in [-0.39, 0.29) is 0 Å². The third-order valence-corrected chi connectivity index (χ3v) is 4.33. The molecule has 0 aliphatic carbocycles. The summed E-state index contributed by atoms with van der Waals surface area (Å²) in [5, 5.41) is 0.426. The number of thioether (sulfide) groups is 1. The Morgan fingerprint density at radius 2 is 1.63 bits per heavy atom. The van der Waals surface area contributed by atoms with E-state index in [0.29, 0.717) is 5.37 Å². The van der Waals surface area contributed by atoms with Gasteiger partial charge in [0.15, 0.2) is 0 Å². The molecule has 0 amide bonds. The average Bonchev–Trinajstić information content (AvgIpc) is 2.43. The van der Waals surface area contributed by atoms with E-state index in [0.717, 1.165) is 6.54 Å². The van der Waals surface area contributed by atoms with Crippen molar-refractivity contribution in [1.82, 2.24) is 0 Å². The molecule has 0 aliphatic rings. The number of aryl methyl sites for hydroxylation is 1. The summed E-state index contributed by atoms with van der Waals surface area (Å²) in [7, 11) is 0. The molecule has 0 aromatic heterocycles. The highest BCUT2D eigenvalue weighted by Gasteiger charge is 2.13. The van der Waals surface area contributed by atoms with E-state index in [9.17, 15) is 0 Å². The predicted octanol–water partition coefficient (Wildman–Crippen LogP) is 4.96. The fourth-order valence-corrected chi connectivity index (χ4v) is 3.23. The van der Waals surface area contributed by atoms with Gasteiger partial charge in [-0.3, -0.25) is 0 Å². The number of hydrogen-bond donors (Lipinski definition) is 0. The van der Waals surface area contributed by atoms with Crippen molar-refractivity contribution in [2.75, 3.05) is 11.4 Å². The minimum Gasteiger partial charge on any atom is -0.360 e. The van der Waals surface area contributed by atoms with Gasteiger partial charge in [0.2, 0.25) is 0 Å². The number of benzene rings is 2. The van der Waals surface area contributed by atoms with Crippen LogP contribution in [0.1, 0.15) is 19.4 Å². The highest BCUT2D eigenvalue weighted by molar-refractivity contribution is 8.00. The summed E-state index contributed by atoms with van der Waals surface area (Å²) in [6, 6.07) is 19.4. The Hall–Kier alpha value is -1.41. The number of hydrogen-bond acceptors (Lipinski definition) is 2. The van der Waals surface area contributed by atoms with Crippen LogP contribution >= 0.6 is 11.8 Å². The van der Waals surface area contributed by atoms with Crippen molar-refractivity contribution in [1.29, 1.82) is 0 Å². The van der Waals surface area contributed by atoms with Crippen molar-refractivity contribution in [2.45, 2.75) is 31.0 Å². The molecule has 0 spiro atoms. The normalized spacial score (nSPS) is 12.2. The first-order chi connectivity index (χ1) is 9.20. The molecule has 2 heteroatoms. The Balaban J connectivity index is 2.09. The van der Waals surface area contributed by atoms with Gasteiger partial charge in [0.05, 0.1) is 5.37 Å². The average molecular weight is 271 g/mol. The molecule has 0 radical (unpaired) electrons. The van der Waals surface area contributed by atoms with E-state index in [4.69, 9.17) is 0 Å². The maximum Gasteiger partial charge on any atom is 0.0768 e. The van der Waals surface area contributed by atoms with Crippen molar-refractivity contribution in [3.63, 3.8) is 0 Å². The molecule has 2 rings (SSSR count). The first-order valence-electron chi connectivity index (χ1n) is 6.75. The molecule has 1 nitrogen and oxygen atoms in total. The SMILES string of the molecule is CCN(c1ccccc1)C(C)Sc1ccc(C)cc1. The molecular formula is C17H21NS. The maximum absolute atomic E-state index is 2.42. The van der Waals surface area contributed by atoms with Crippen molar-refractivity contribution < 1.29 is 0 Å². The largest absolute Gasteiger partial charge is 0.360 e. The maximum atomic E-state index is 2.42. The Morgan fingerprint density at radius 3 is 2.21 bits per heavy atom. The smallest absolute Gasteiger partial charge is 0.0768 e. The van der Waals surface area contributed by atoms with Gasteiger partial charge in [-0.2, -0.15) is 0 Å². The van der Waals surface area contributed by atoms with Gasteiger partial charge in [0.25, 0.3) is 0 Å². The van der Waals surface area contributed by atoms with E-state index in [1.54, 1.807) is 0 Å². The molecule has 100 valence electrons. The first kappa shape index (κ1) is 14.0. The Labute approximate surface area is 120 Å². The van der Waals surface area contributed by atoms with Gasteiger partial charge in [-0.1, -0.05) is 35.9 Å². The molecule has 1 atom stereocenters. The summed E-state index contributed by atoms with van der Waals surface area (Å²) in [6.07, 6.45) is 0. The number of anilines is 1. The zero-order valence-corrected chi connectivity index (χ0v) is 12.7. The number of nitrogens with zero attached hydrogens (tertiary/aromatic N) is 1. The predicted molar refractivity (Wildman–Crippen MR) is 86.0 cm³/mol. The Morgan fingerprint density at radius 1 is 1.00 bits per heavy atom. The molecule has 0 saturated heterocycles. The van der Waals surface area contributed by atoms with Crippen LogP contribution in [0.15, 0.2) is 59.5 Å². The van der Waals surface area contributed by atoms with Crippen LogP contribution in [0.5, 0.6) is 0 Å². The van der Waals surface area contributed by atoms with Crippen LogP contribution in [0.4, 0.5) is 5.69 Å². The van der Waals surface area contributed by atoms with E-state index in [1.807, 2.05) is 11.8 Å². The van der Waals surface area contributed by atoms with Gasteiger partial charge in [-0.25, -0.2) is 0 Å². The van der Waals surface area contributed by atoms with Crippen LogP contribution in [0, 0.1) is 6.92 Å². The summed E-state index contributed by atoms with van der Waals surface area (Å²) in [5.74, 6) is 0. The van der Waals surface area contributed by atoms with Gasteiger partial charge in [-0.15, -0.1) is 11.8 Å². The van der Waals surface area contributed by atoms with Crippen molar-refractivity contribution in [3.8, 4) is 0 Å². The van der Waals surface area contributed by atoms with Crippen LogP contribution in [0.25, 0.3) is 0 Å². The second kappa shape index (κ2) is 6.67. The lowest BCUT2D eigenvalue weighted by Gasteiger charge is -2.29. The zero-order valence-electron chi connectivity index (χ0n) is 11.8. The lowest BCUT2D eigenvalue weighted by Crippen LogP contribution is -2.30. The van der Waals surface area contributed by atoms with Crippen LogP contribution in [-0.2, 0) is 0 Å². The summed E-state index contributed by atoms with van der Waals surface area (Å²) in [4.78, 5) is 3.75. The van der Waals surface area contributed by atoms with Gasteiger partial charge in [0.1, 0.15) is 0 Å². The minimum absolute atomic E-state index is 0.426. The molecule has 2 aromatic carbocycles. The van der Waals surface area contributed by atoms with Gasteiger partial charge >= 0.3 is 0 Å². The molecule has 0 bridgehead atoms. The fraction of sp³-hybridized carbons (Fsp3) is 0.294. The second-order valence-electron chi connectivity index (χ2n) is 4.65. The zero-order chi connectivity index (χ0) is 13.7. The van der Waals surface area contributed by atoms with Crippen LogP contribution < -0.4 is 4.90 Å². The Bertz CT molecular complexity index is 492. The van der Waals surface area contributed by atoms with Crippen LogP contribution in [0.2, 0.25) is 0 Å².